The van der Waals surface area contributed by atoms with Crippen molar-refractivity contribution in [2.45, 2.75) is 30.7 Å². The number of carbonyl (C=O) groups is 2. The zero-order chi connectivity index (χ0) is 21.2. The largest absolute Gasteiger partial charge is 0.338 e. The number of carbonyl (C=O) groups excluding carboxylic acids is 2. The Kier molecular flexibility index (Phi) is 4.15. The highest BCUT2D eigenvalue weighted by Crippen LogP contribution is 2.47. The summed E-state index contributed by atoms with van der Waals surface area (Å²) in [5.74, 6) is -4.15. The van der Waals surface area contributed by atoms with E-state index in [1.165, 1.54) is 21.9 Å². The molecule has 3 aliphatic heterocycles. The average molecular weight is 420 g/mol. The van der Waals surface area contributed by atoms with Crippen LogP contribution in [0.25, 0.3) is 0 Å². The fraction of sp³-hybridized carbons (Fsp3) is 0.333. The van der Waals surface area contributed by atoms with E-state index < -0.39 is 52.6 Å². The SMILES string of the molecule is O=C(c1cc(F)ccc1F)N1CC2(C1)OC1CCC(c3cc(F)cc(F)c3)N1C2=O. The first-order valence-corrected chi connectivity index (χ1v) is 9.48. The van der Waals surface area contributed by atoms with Gasteiger partial charge in [-0.3, -0.25) is 9.59 Å². The Labute approximate surface area is 168 Å². The number of nitrogens with zero attached hydrogens (tertiary/aromatic N) is 2. The minimum atomic E-state index is -1.27. The molecule has 3 saturated heterocycles. The smallest absolute Gasteiger partial charge is 0.261 e. The third-order valence-corrected chi connectivity index (χ3v) is 5.93. The highest BCUT2D eigenvalue weighted by Gasteiger charge is 2.63. The van der Waals surface area contributed by atoms with Crippen LogP contribution in [0.4, 0.5) is 17.6 Å². The summed E-state index contributed by atoms with van der Waals surface area (Å²) in [4.78, 5) is 28.3. The Morgan fingerprint density at radius 2 is 1.67 bits per heavy atom. The molecule has 0 aliphatic carbocycles. The standard InChI is InChI=1S/C21H16F4N2O3/c22-12-1-2-16(25)15(8-12)19(28)26-9-21(10-26)20(29)27-17(3-4-18(27)30-21)11-5-13(23)7-14(24)6-11/h1-2,5-8,17-18H,3-4,9-10H2. The Morgan fingerprint density at radius 3 is 2.37 bits per heavy atom. The lowest BCUT2D eigenvalue weighted by atomic mass is 9.91. The number of fused-ring (bicyclic) bond motifs is 1. The number of rotatable bonds is 2. The van der Waals surface area contributed by atoms with Gasteiger partial charge in [0.25, 0.3) is 11.8 Å². The highest BCUT2D eigenvalue weighted by atomic mass is 19.1. The summed E-state index contributed by atoms with van der Waals surface area (Å²) < 4.78 is 60.5. The van der Waals surface area contributed by atoms with E-state index in [4.69, 9.17) is 4.74 Å². The van der Waals surface area contributed by atoms with E-state index in [-0.39, 0.29) is 19.0 Å². The number of amides is 2. The molecule has 5 rings (SSSR count). The van der Waals surface area contributed by atoms with E-state index in [0.717, 1.165) is 24.3 Å². The maximum Gasteiger partial charge on any atom is 0.261 e. The van der Waals surface area contributed by atoms with E-state index in [1.807, 2.05) is 0 Å². The molecule has 2 aromatic carbocycles. The molecular formula is C21H16F4N2O3. The molecular weight excluding hydrogens is 404 g/mol. The molecule has 0 saturated carbocycles. The number of benzene rings is 2. The van der Waals surface area contributed by atoms with Crippen LogP contribution in [0.15, 0.2) is 36.4 Å². The average Bonchev–Trinajstić information content (AvgIpc) is 3.19. The fourth-order valence-corrected chi connectivity index (χ4v) is 4.56. The summed E-state index contributed by atoms with van der Waals surface area (Å²) in [5, 5.41) is 0. The van der Waals surface area contributed by atoms with E-state index >= 15 is 0 Å². The third-order valence-electron chi connectivity index (χ3n) is 5.93. The predicted octanol–water partition coefficient (Wildman–Crippen LogP) is 3.16. The summed E-state index contributed by atoms with van der Waals surface area (Å²) >= 11 is 0. The van der Waals surface area contributed by atoms with E-state index in [2.05, 4.69) is 0 Å². The first-order valence-electron chi connectivity index (χ1n) is 9.48. The number of ether oxygens (including phenoxy) is 1. The van der Waals surface area contributed by atoms with Gasteiger partial charge in [-0.15, -0.1) is 0 Å². The quantitative estimate of drug-likeness (QED) is 0.702. The van der Waals surface area contributed by atoms with Gasteiger partial charge in [-0.25, -0.2) is 17.6 Å². The molecule has 1 spiro atoms. The number of hydrogen-bond donors (Lipinski definition) is 0. The van der Waals surface area contributed by atoms with Gasteiger partial charge < -0.3 is 14.5 Å². The van der Waals surface area contributed by atoms with Crippen molar-refractivity contribution in [1.29, 1.82) is 0 Å². The third kappa shape index (κ3) is 2.79. The summed E-state index contributed by atoms with van der Waals surface area (Å²) in [6, 6.07) is 5.21. The van der Waals surface area contributed by atoms with Crippen LogP contribution in [0.2, 0.25) is 0 Å². The van der Waals surface area contributed by atoms with Crippen LogP contribution in [0, 0.1) is 23.3 Å². The lowest BCUT2D eigenvalue weighted by Crippen LogP contribution is -2.67. The molecule has 2 aromatic rings. The van der Waals surface area contributed by atoms with Gasteiger partial charge in [0.15, 0.2) is 5.60 Å². The van der Waals surface area contributed by atoms with Crippen molar-refractivity contribution in [2.75, 3.05) is 13.1 Å². The van der Waals surface area contributed by atoms with Gasteiger partial charge in [0.05, 0.1) is 24.7 Å². The Bertz CT molecular complexity index is 1050. The molecule has 3 aliphatic rings. The Hall–Kier alpha value is -2.94. The van der Waals surface area contributed by atoms with Gasteiger partial charge >= 0.3 is 0 Å². The van der Waals surface area contributed by atoms with Gasteiger partial charge in [-0.2, -0.15) is 0 Å². The maximum atomic E-state index is 13.9. The second-order valence-electron chi connectivity index (χ2n) is 7.86. The fourth-order valence-electron chi connectivity index (χ4n) is 4.56. The Balaban J connectivity index is 1.35. The van der Waals surface area contributed by atoms with Gasteiger partial charge in [0.2, 0.25) is 0 Å². The summed E-state index contributed by atoms with van der Waals surface area (Å²) in [6.45, 7) is -0.199. The normalized spacial score (nSPS) is 24.3. The minimum Gasteiger partial charge on any atom is -0.338 e. The van der Waals surface area contributed by atoms with Crippen LogP contribution in [0.3, 0.4) is 0 Å². The minimum absolute atomic E-state index is 0.0994. The van der Waals surface area contributed by atoms with Gasteiger partial charge in [-0.1, -0.05) is 0 Å². The molecule has 3 heterocycles. The van der Waals surface area contributed by atoms with Crippen LogP contribution in [-0.4, -0.2) is 46.5 Å². The zero-order valence-electron chi connectivity index (χ0n) is 15.6. The summed E-state index contributed by atoms with van der Waals surface area (Å²) in [7, 11) is 0. The van der Waals surface area contributed by atoms with Gasteiger partial charge in [-0.05, 0) is 48.7 Å². The van der Waals surface area contributed by atoms with E-state index in [1.54, 1.807) is 0 Å². The molecule has 9 heteroatoms. The van der Waals surface area contributed by atoms with E-state index in [9.17, 15) is 27.2 Å². The molecule has 30 heavy (non-hydrogen) atoms. The molecule has 0 N–H and O–H groups in total. The van der Waals surface area contributed by atoms with Gasteiger partial charge in [0, 0.05) is 6.07 Å². The summed E-state index contributed by atoms with van der Waals surface area (Å²) in [6.07, 6.45) is 0.423. The second-order valence-corrected chi connectivity index (χ2v) is 7.86. The van der Waals surface area contributed by atoms with Crippen molar-refractivity contribution in [3.63, 3.8) is 0 Å². The topological polar surface area (TPSA) is 49.9 Å². The molecule has 2 atom stereocenters. The zero-order valence-corrected chi connectivity index (χ0v) is 15.6. The van der Waals surface area contributed by atoms with E-state index in [0.29, 0.717) is 18.4 Å². The molecule has 2 unspecified atom stereocenters. The molecule has 3 fully saturated rings. The number of hydrogen-bond acceptors (Lipinski definition) is 3. The van der Waals surface area contributed by atoms with Crippen molar-refractivity contribution in [3.8, 4) is 0 Å². The van der Waals surface area contributed by atoms with Crippen molar-refractivity contribution in [3.05, 3.63) is 70.8 Å². The van der Waals surface area contributed by atoms with Crippen LogP contribution >= 0.6 is 0 Å². The lowest BCUT2D eigenvalue weighted by Gasteiger charge is -2.45. The molecule has 0 radical (unpaired) electrons. The van der Waals surface area contributed by atoms with Crippen molar-refractivity contribution in [1.82, 2.24) is 9.80 Å². The maximum absolute atomic E-state index is 13.9. The molecule has 2 amide bonds. The molecule has 0 bridgehead atoms. The van der Waals surface area contributed by atoms with Crippen molar-refractivity contribution < 1.29 is 31.9 Å². The monoisotopic (exact) mass is 420 g/mol. The van der Waals surface area contributed by atoms with Crippen molar-refractivity contribution in [2.24, 2.45) is 0 Å². The molecule has 0 aromatic heterocycles. The second kappa shape index (κ2) is 6.53. The number of likely N-dealkylation sites (tertiary alicyclic amines) is 1. The van der Waals surface area contributed by atoms with Crippen molar-refractivity contribution >= 4 is 11.8 Å². The van der Waals surface area contributed by atoms with Gasteiger partial charge in [0.1, 0.15) is 29.5 Å². The lowest BCUT2D eigenvalue weighted by molar-refractivity contribution is -0.154. The molecule has 156 valence electrons. The molecule has 5 nitrogen and oxygen atoms in total. The van der Waals surface area contributed by atoms with Crippen LogP contribution < -0.4 is 0 Å². The Morgan fingerprint density at radius 1 is 0.967 bits per heavy atom. The van der Waals surface area contributed by atoms with Crippen LogP contribution in [0.5, 0.6) is 0 Å². The van der Waals surface area contributed by atoms with Crippen LogP contribution in [0.1, 0.15) is 34.8 Å². The van der Waals surface area contributed by atoms with Crippen LogP contribution in [-0.2, 0) is 9.53 Å². The first kappa shape index (κ1) is 19.0. The summed E-state index contributed by atoms with van der Waals surface area (Å²) in [5.41, 5.74) is -1.34. The first-order chi connectivity index (χ1) is 14.3. The predicted molar refractivity (Wildman–Crippen MR) is 95.0 cm³/mol. The number of halogens is 4. The highest BCUT2D eigenvalue weighted by molar-refractivity contribution is 5.98.